The number of hydrogen-bond donors (Lipinski definition) is 1. The number of rotatable bonds is 5. The molecule has 0 radical (unpaired) electrons. The summed E-state index contributed by atoms with van der Waals surface area (Å²) in [5.74, 6) is -1.05. The predicted molar refractivity (Wildman–Crippen MR) is 119 cm³/mol. The van der Waals surface area contributed by atoms with Crippen LogP contribution in [0.5, 0.6) is 5.75 Å². The molecular formula is C24H23ClN2O4. The second-order valence-corrected chi connectivity index (χ2v) is 8.15. The molecule has 1 fully saturated rings. The van der Waals surface area contributed by atoms with E-state index in [1.54, 1.807) is 24.1 Å². The zero-order valence-corrected chi connectivity index (χ0v) is 17.9. The van der Waals surface area contributed by atoms with Gasteiger partial charge < -0.3 is 14.7 Å². The average molecular weight is 439 g/mol. The number of ether oxygens (including phenoxy) is 1. The summed E-state index contributed by atoms with van der Waals surface area (Å²) in [4.78, 5) is 30.1. The van der Waals surface area contributed by atoms with Crippen molar-refractivity contribution in [1.82, 2.24) is 9.88 Å². The quantitative estimate of drug-likeness (QED) is 0.627. The van der Waals surface area contributed by atoms with Crippen molar-refractivity contribution in [2.75, 3.05) is 13.1 Å². The molecule has 160 valence electrons. The Hall–Kier alpha value is -3.12. The van der Waals surface area contributed by atoms with Crippen LogP contribution < -0.4 is 4.74 Å². The van der Waals surface area contributed by atoms with Crippen molar-refractivity contribution in [3.8, 4) is 16.9 Å². The molecule has 2 heterocycles. The second-order valence-electron chi connectivity index (χ2n) is 7.74. The van der Waals surface area contributed by atoms with Crippen molar-refractivity contribution in [2.24, 2.45) is 5.92 Å². The number of carbonyl (C=O) groups excluding carboxylic acids is 1. The minimum atomic E-state index is -0.860. The van der Waals surface area contributed by atoms with E-state index in [9.17, 15) is 14.7 Å². The highest BCUT2D eigenvalue weighted by molar-refractivity contribution is 6.33. The van der Waals surface area contributed by atoms with Crippen LogP contribution in [-0.4, -0.2) is 46.1 Å². The van der Waals surface area contributed by atoms with E-state index in [4.69, 9.17) is 16.3 Å². The zero-order chi connectivity index (χ0) is 22.0. The van der Waals surface area contributed by atoms with Crippen molar-refractivity contribution >= 4 is 34.4 Å². The fraction of sp³-hybridized carbons (Fsp3) is 0.292. The number of fused-ring (bicyclic) bond motifs is 1. The number of likely N-dealkylation sites (tertiary alicyclic amines) is 1. The normalized spacial score (nSPS) is 17.4. The van der Waals surface area contributed by atoms with Crippen LogP contribution in [0.2, 0.25) is 5.02 Å². The van der Waals surface area contributed by atoms with E-state index < -0.39 is 18.0 Å². The van der Waals surface area contributed by atoms with Crippen molar-refractivity contribution in [2.45, 2.75) is 25.9 Å². The third-order valence-electron chi connectivity index (χ3n) is 5.62. The first-order valence-corrected chi connectivity index (χ1v) is 10.6. The number of aromatic nitrogens is 1. The van der Waals surface area contributed by atoms with Crippen LogP contribution in [-0.2, 0) is 9.59 Å². The molecule has 0 aliphatic carbocycles. The van der Waals surface area contributed by atoms with Gasteiger partial charge in [-0.2, -0.15) is 0 Å². The van der Waals surface area contributed by atoms with E-state index in [0.717, 1.165) is 22.0 Å². The summed E-state index contributed by atoms with van der Waals surface area (Å²) in [6.07, 6.45) is 2.27. The molecule has 7 heteroatoms. The molecule has 2 aromatic carbocycles. The van der Waals surface area contributed by atoms with Crippen LogP contribution in [0, 0.1) is 5.92 Å². The number of nitrogens with zero attached hydrogens (tertiary/aromatic N) is 2. The molecule has 1 aromatic heterocycles. The van der Waals surface area contributed by atoms with Crippen LogP contribution in [0.4, 0.5) is 0 Å². The summed E-state index contributed by atoms with van der Waals surface area (Å²) in [6, 6.07) is 15.1. The van der Waals surface area contributed by atoms with E-state index in [1.165, 1.54) is 0 Å². The van der Waals surface area contributed by atoms with Crippen molar-refractivity contribution < 1.29 is 19.4 Å². The first-order chi connectivity index (χ1) is 14.9. The fourth-order valence-corrected chi connectivity index (χ4v) is 4.24. The average Bonchev–Trinajstić information content (AvgIpc) is 2.78. The van der Waals surface area contributed by atoms with Gasteiger partial charge in [0.25, 0.3) is 5.91 Å². The van der Waals surface area contributed by atoms with Crippen LogP contribution in [0.1, 0.15) is 19.8 Å². The maximum atomic E-state index is 12.8. The molecule has 1 N–H and O–H groups in total. The SMILES string of the molecule is CC(Oc1ccc2c(-c3ccccc3Cl)ccnc2c1)C(=O)N1CCCC(C(=O)O)C1. The van der Waals surface area contributed by atoms with Gasteiger partial charge in [0.1, 0.15) is 5.75 Å². The van der Waals surface area contributed by atoms with Crippen molar-refractivity contribution in [3.63, 3.8) is 0 Å². The van der Waals surface area contributed by atoms with E-state index in [2.05, 4.69) is 4.98 Å². The number of carboxylic acids is 1. The fourth-order valence-electron chi connectivity index (χ4n) is 4.01. The Kier molecular flexibility index (Phi) is 6.09. The second kappa shape index (κ2) is 8.94. The molecule has 0 bridgehead atoms. The van der Waals surface area contributed by atoms with Gasteiger partial charge in [-0.05, 0) is 49.6 Å². The highest BCUT2D eigenvalue weighted by Crippen LogP contribution is 2.34. The lowest BCUT2D eigenvalue weighted by atomic mass is 9.98. The van der Waals surface area contributed by atoms with Crippen LogP contribution >= 0.6 is 11.6 Å². The van der Waals surface area contributed by atoms with E-state index in [1.807, 2.05) is 42.5 Å². The number of halogens is 1. The third-order valence-corrected chi connectivity index (χ3v) is 5.95. The van der Waals surface area contributed by atoms with Gasteiger partial charge in [-0.25, -0.2) is 0 Å². The van der Waals surface area contributed by atoms with Gasteiger partial charge in [-0.15, -0.1) is 0 Å². The standard InChI is InChI=1S/C24H23ClN2O4/c1-15(23(28)27-12-4-5-16(14-27)24(29)30)31-17-8-9-20-18(10-11-26-22(20)13-17)19-6-2-3-7-21(19)25/h2-3,6-11,13,15-16H,4-5,12,14H2,1H3,(H,29,30). The monoisotopic (exact) mass is 438 g/mol. The van der Waals surface area contributed by atoms with Crippen molar-refractivity contribution in [3.05, 3.63) is 59.8 Å². The molecule has 31 heavy (non-hydrogen) atoms. The molecule has 1 aliphatic heterocycles. The number of carbonyl (C=O) groups is 2. The zero-order valence-electron chi connectivity index (χ0n) is 17.1. The van der Waals surface area contributed by atoms with Gasteiger partial charge in [0.05, 0.1) is 11.4 Å². The van der Waals surface area contributed by atoms with E-state index >= 15 is 0 Å². The number of carboxylic acid groups (broad SMARTS) is 1. The summed E-state index contributed by atoms with van der Waals surface area (Å²) in [6.45, 7) is 2.46. The predicted octanol–water partition coefficient (Wildman–Crippen LogP) is 4.65. The molecular weight excluding hydrogens is 416 g/mol. The van der Waals surface area contributed by atoms with Gasteiger partial charge in [-0.1, -0.05) is 29.8 Å². The summed E-state index contributed by atoms with van der Waals surface area (Å²) in [5, 5.41) is 10.8. The molecule has 6 nitrogen and oxygen atoms in total. The lowest BCUT2D eigenvalue weighted by Crippen LogP contribution is -2.47. The van der Waals surface area contributed by atoms with E-state index in [-0.39, 0.29) is 12.5 Å². The number of aliphatic carboxylic acids is 1. The molecule has 1 amide bonds. The molecule has 1 saturated heterocycles. The largest absolute Gasteiger partial charge is 0.481 e. The topological polar surface area (TPSA) is 79.7 Å². The van der Waals surface area contributed by atoms with Gasteiger partial charge >= 0.3 is 5.97 Å². The number of amides is 1. The van der Waals surface area contributed by atoms with Gasteiger partial charge in [0.15, 0.2) is 6.10 Å². The number of hydrogen-bond acceptors (Lipinski definition) is 4. The Labute approximate surface area is 185 Å². The first kappa shape index (κ1) is 21.1. The van der Waals surface area contributed by atoms with Crippen LogP contribution in [0.25, 0.3) is 22.0 Å². The van der Waals surface area contributed by atoms with E-state index in [0.29, 0.717) is 30.2 Å². The summed E-state index contributed by atoms with van der Waals surface area (Å²) < 4.78 is 5.90. The highest BCUT2D eigenvalue weighted by atomic mass is 35.5. The van der Waals surface area contributed by atoms with Crippen molar-refractivity contribution in [1.29, 1.82) is 0 Å². The highest BCUT2D eigenvalue weighted by Gasteiger charge is 2.31. The summed E-state index contributed by atoms with van der Waals surface area (Å²) in [7, 11) is 0. The Morgan fingerprint density at radius 2 is 2.00 bits per heavy atom. The Morgan fingerprint density at radius 3 is 2.77 bits per heavy atom. The lowest BCUT2D eigenvalue weighted by molar-refractivity contribution is -0.147. The Balaban J connectivity index is 1.53. The van der Waals surface area contributed by atoms with Crippen LogP contribution in [0.3, 0.4) is 0 Å². The molecule has 4 rings (SSSR count). The van der Waals surface area contributed by atoms with Gasteiger partial charge in [0.2, 0.25) is 0 Å². The summed E-state index contributed by atoms with van der Waals surface area (Å²) in [5.41, 5.74) is 2.63. The minimum Gasteiger partial charge on any atom is -0.481 e. The number of benzene rings is 2. The number of pyridine rings is 1. The Morgan fingerprint density at radius 1 is 1.19 bits per heavy atom. The molecule has 1 aliphatic rings. The maximum Gasteiger partial charge on any atom is 0.308 e. The molecule has 2 unspecified atom stereocenters. The molecule has 0 spiro atoms. The molecule has 0 saturated carbocycles. The number of piperidine rings is 1. The van der Waals surface area contributed by atoms with Gasteiger partial charge in [-0.3, -0.25) is 14.6 Å². The molecule has 2 atom stereocenters. The van der Waals surface area contributed by atoms with Gasteiger partial charge in [0, 0.05) is 41.3 Å². The summed E-state index contributed by atoms with van der Waals surface area (Å²) >= 11 is 6.37. The maximum absolute atomic E-state index is 12.8. The Bertz CT molecular complexity index is 1130. The third kappa shape index (κ3) is 4.49. The van der Waals surface area contributed by atoms with Crippen LogP contribution in [0.15, 0.2) is 54.7 Å². The molecule has 3 aromatic rings. The first-order valence-electron chi connectivity index (χ1n) is 10.3. The lowest BCUT2D eigenvalue weighted by Gasteiger charge is -2.32. The smallest absolute Gasteiger partial charge is 0.308 e. The minimum absolute atomic E-state index is 0.205.